The lowest BCUT2D eigenvalue weighted by atomic mass is 10.0. The number of nitriles is 1. The second kappa shape index (κ2) is 8.76. The molecule has 3 aromatic rings. The molecule has 2 heterocycles. The fourth-order valence-corrected chi connectivity index (χ4v) is 4.28. The zero-order valence-corrected chi connectivity index (χ0v) is 18.5. The average molecular weight is 459 g/mol. The monoisotopic (exact) mass is 459 g/mol. The van der Waals surface area contributed by atoms with Gasteiger partial charge in [-0.15, -0.1) is 0 Å². The molecule has 8 nitrogen and oxygen atoms in total. The number of amides is 2. The molecule has 9 heteroatoms. The van der Waals surface area contributed by atoms with Crippen molar-refractivity contribution in [1.29, 1.82) is 5.26 Å². The van der Waals surface area contributed by atoms with Gasteiger partial charge >= 0.3 is 0 Å². The molecule has 4 rings (SSSR count). The molecule has 1 saturated heterocycles. The predicted octanol–water partition coefficient (Wildman–Crippen LogP) is 5.58. The lowest BCUT2D eigenvalue weighted by molar-refractivity contribution is -0.385. The van der Waals surface area contributed by atoms with Crippen molar-refractivity contribution in [1.82, 2.24) is 4.90 Å². The van der Waals surface area contributed by atoms with Crippen LogP contribution in [0.25, 0.3) is 17.4 Å². The molecule has 1 aromatic heterocycles. The Kier molecular flexibility index (Phi) is 5.85. The Morgan fingerprint density at radius 1 is 1.18 bits per heavy atom. The van der Waals surface area contributed by atoms with Crippen LogP contribution in [0.3, 0.4) is 0 Å². The normalized spacial score (nSPS) is 14.7. The zero-order chi connectivity index (χ0) is 23.7. The second-order valence-electron chi connectivity index (χ2n) is 7.43. The van der Waals surface area contributed by atoms with Gasteiger partial charge in [-0.2, -0.15) is 5.26 Å². The van der Waals surface area contributed by atoms with Crippen molar-refractivity contribution < 1.29 is 18.9 Å². The van der Waals surface area contributed by atoms with Crippen molar-refractivity contribution in [2.24, 2.45) is 0 Å². The molecule has 164 valence electrons. The summed E-state index contributed by atoms with van der Waals surface area (Å²) in [4.78, 5) is 37.4. The number of carbonyl (C=O) groups is 2. The fraction of sp³-hybridized carbons (Fsp3) is 0.125. The number of carbonyl (C=O) groups excluding carboxylic acids is 2. The number of benzene rings is 2. The number of rotatable bonds is 5. The molecule has 2 amide bonds. The van der Waals surface area contributed by atoms with E-state index in [1.165, 1.54) is 12.1 Å². The Labute approximate surface area is 193 Å². The minimum Gasteiger partial charge on any atom is -0.457 e. The van der Waals surface area contributed by atoms with Gasteiger partial charge in [-0.05, 0) is 61.0 Å². The third-order valence-electron chi connectivity index (χ3n) is 5.36. The van der Waals surface area contributed by atoms with Gasteiger partial charge in [0.1, 0.15) is 11.5 Å². The van der Waals surface area contributed by atoms with E-state index >= 15 is 0 Å². The van der Waals surface area contributed by atoms with Gasteiger partial charge in [-0.3, -0.25) is 24.6 Å². The molecule has 0 unspecified atom stereocenters. The Morgan fingerprint density at radius 2 is 1.94 bits per heavy atom. The van der Waals surface area contributed by atoms with E-state index in [0.29, 0.717) is 33.8 Å². The van der Waals surface area contributed by atoms with Gasteiger partial charge in [0.15, 0.2) is 0 Å². The van der Waals surface area contributed by atoms with Gasteiger partial charge in [-0.1, -0.05) is 18.2 Å². The molecule has 2 aromatic carbocycles. The summed E-state index contributed by atoms with van der Waals surface area (Å²) in [5.74, 6) is 0.279. The van der Waals surface area contributed by atoms with Crippen LogP contribution in [0.2, 0.25) is 0 Å². The maximum absolute atomic E-state index is 12.8. The maximum Gasteiger partial charge on any atom is 0.293 e. The highest BCUT2D eigenvalue weighted by Crippen LogP contribution is 2.35. The van der Waals surface area contributed by atoms with E-state index in [2.05, 4.69) is 6.07 Å². The summed E-state index contributed by atoms with van der Waals surface area (Å²) in [7, 11) is 0. The number of nitro benzene ring substituents is 1. The van der Waals surface area contributed by atoms with Crippen LogP contribution in [0.15, 0.2) is 57.9 Å². The zero-order valence-electron chi connectivity index (χ0n) is 17.7. The van der Waals surface area contributed by atoms with Crippen LogP contribution in [0.4, 0.5) is 10.5 Å². The fourth-order valence-electron chi connectivity index (χ4n) is 3.46. The summed E-state index contributed by atoms with van der Waals surface area (Å²) in [5, 5.41) is 20.1. The van der Waals surface area contributed by atoms with Crippen molar-refractivity contribution in [2.45, 2.75) is 20.4 Å². The molecule has 0 N–H and O–H groups in total. The van der Waals surface area contributed by atoms with Crippen molar-refractivity contribution >= 4 is 34.7 Å². The quantitative estimate of drug-likeness (QED) is 0.278. The molecular weight excluding hydrogens is 442 g/mol. The van der Waals surface area contributed by atoms with Gasteiger partial charge in [0, 0.05) is 23.3 Å². The Morgan fingerprint density at radius 3 is 2.67 bits per heavy atom. The summed E-state index contributed by atoms with van der Waals surface area (Å²) in [6.45, 7) is 3.48. The van der Waals surface area contributed by atoms with Gasteiger partial charge in [0.25, 0.3) is 16.8 Å². The highest BCUT2D eigenvalue weighted by molar-refractivity contribution is 8.18. The van der Waals surface area contributed by atoms with Gasteiger partial charge in [0.05, 0.1) is 28.0 Å². The van der Waals surface area contributed by atoms with Crippen molar-refractivity contribution in [2.75, 3.05) is 0 Å². The smallest absolute Gasteiger partial charge is 0.293 e. The van der Waals surface area contributed by atoms with Crippen LogP contribution in [0.5, 0.6) is 0 Å². The third-order valence-corrected chi connectivity index (χ3v) is 6.27. The van der Waals surface area contributed by atoms with Crippen LogP contribution in [0.1, 0.15) is 28.0 Å². The van der Waals surface area contributed by atoms with E-state index < -0.39 is 16.1 Å². The minimum absolute atomic E-state index is 0.00144. The molecule has 1 aliphatic heterocycles. The van der Waals surface area contributed by atoms with Crippen LogP contribution < -0.4 is 0 Å². The molecule has 0 aliphatic carbocycles. The van der Waals surface area contributed by atoms with E-state index in [0.717, 1.165) is 22.2 Å². The van der Waals surface area contributed by atoms with Crippen LogP contribution in [0, 0.1) is 35.3 Å². The largest absolute Gasteiger partial charge is 0.457 e. The number of nitrogens with zero attached hydrogens (tertiary/aromatic N) is 3. The Hall–Kier alpha value is -4.16. The standard InChI is InChI=1S/C24H17N3O5S/c1-14-9-18(10-20(15(14)2)27(30)31)21-8-7-19(32-21)11-22-23(28)26(24(29)33-22)13-17-6-4-3-5-16(17)12-25/h3-11H,13H2,1-2H3/b22-11+. The summed E-state index contributed by atoms with van der Waals surface area (Å²) >= 11 is 0.791. The molecular formula is C24H17N3O5S. The number of aryl methyl sites for hydroxylation is 1. The number of furan rings is 1. The van der Waals surface area contributed by atoms with Crippen molar-refractivity contribution in [3.8, 4) is 17.4 Å². The first-order valence-electron chi connectivity index (χ1n) is 9.87. The topological polar surface area (TPSA) is 117 Å². The molecule has 1 fully saturated rings. The first-order chi connectivity index (χ1) is 15.8. The van der Waals surface area contributed by atoms with E-state index in [4.69, 9.17) is 4.42 Å². The number of thioether (sulfide) groups is 1. The molecule has 0 saturated carbocycles. The Bertz CT molecular complexity index is 1380. The van der Waals surface area contributed by atoms with Crippen molar-refractivity contribution in [3.05, 3.63) is 91.6 Å². The maximum atomic E-state index is 12.8. The number of imide groups is 1. The number of hydrogen-bond donors (Lipinski definition) is 0. The van der Waals surface area contributed by atoms with E-state index in [9.17, 15) is 25.0 Å². The van der Waals surface area contributed by atoms with E-state index in [1.807, 2.05) is 0 Å². The van der Waals surface area contributed by atoms with Crippen LogP contribution in [-0.4, -0.2) is 21.0 Å². The lowest BCUT2D eigenvalue weighted by Gasteiger charge is -2.13. The summed E-state index contributed by atoms with van der Waals surface area (Å²) in [6.07, 6.45) is 1.47. The number of hydrogen-bond acceptors (Lipinski definition) is 7. The highest BCUT2D eigenvalue weighted by atomic mass is 32.2. The summed E-state index contributed by atoms with van der Waals surface area (Å²) in [5.41, 5.74) is 2.88. The number of nitro groups is 1. The minimum atomic E-state index is -0.475. The predicted molar refractivity (Wildman–Crippen MR) is 123 cm³/mol. The molecule has 1 aliphatic rings. The van der Waals surface area contributed by atoms with Gasteiger partial charge < -0.3 is 4.42 Å². The first kappa shape index (κ1) is 22.0. The summed E-state index contributed by atoms with van der Waals surface area (Å²) in [6, 6.07) is 15.4. The highest BCUT2D eigenvalue weighted by Gasteiger charge is 2.35. The second-order valence-corrected chi connectivity index (χ2v) is 8.43. The van der Waals surface area contributed by atoms with Crippen molar-refractivity contribution in [3.63, 3.8) is 0 Å². The third kappa shape index (κ3) is 4.29. The average Bonchev–Trinajstić information content (AvgIpc) is 3.36. The molecule has 33 heavy (non-hydrogen) atoms. The molecule has 0 radical (unpaired) electrons. The van der Waals surface area contributed by atoms with Crippen LogP contribution in [-0.2, 0) is 11.3 Å². The SMILES string of the molecule is Cc1cc(-c2ccc(/C=C3/SC(=O)N(Cc4ccccc4C#N)C3=O)o2)cc([N+](=O)[O-])c1C. The van der Waals surface area contributed by atoms with E-state index in [-0.39, 0.29) is 17.1 Å². The van der Waals surface area contributed by atoms with Gasteiger partial charge in [-0.25, -0.2) is 0 Å². The summed E-state index contributed by atoms with van der Waals surface area (Å²) < 4.78 is 5.80. The van der Waals surface area contributed by atoms with Crippen LogP contribution >= 0.6 is 11.8 Å². The molecule has 0 atom stereocenters. The lowest BCUT2D eigenvalue weighted by Crippen LogP contribution is -2.27. The Balaban J connectivity index is 1.59. The first-order valence-corrected chi connectivity index (χ1v) is 10.7. The van der Waals surface area contributed by atoms with Gasteiger partial charge in [0.2, 0.25) is 0 Å². The van der Waals surface area contributed by atoms with E-state index in [1.54, 1.807) is 56.3 Å². The molecule has 0 spiro atoms. The molecule has 0 bridgehead atoms.